The molecule has 82 valence electrons. The number of rotatable bonds is 1. The highest BCUT2D eigenvalue weighted by Gasteiger charge is 2.04. The van der Waals surface area contributed by atoms with Crippen molar-refractivity contribution in [1.29, 1.82) is 0 Å². The third kappa shape index (κ3) is 1.72. The number of nitrogens with two attached hydrogens (primary N) is 1. The van der Waals surface area contributed by atoms with Crippen molar-refractivity contribution >= 4 is 16.6 Å². The van der Waals surface area contributed by atoms with Crippen molar-refractivity contribution in [1.82, 2.24) is 9.97 Å². The number of anilines is 1. The minimum absolute atomic E-state index is 0.531. The summed E-state index contributed by atoms with van der Waals surface area (Å²) in [5, 5.41) is 2.25. The quantitative estimate of drug-likeness (QED) is 0.687. The average Bonchev–Trinajstić information content (AvgIpc) is 2.38. The zero-order chi connectivity index (χ0) is 11.7. The second-order valence-corrected chi connectivity index (χ2v) is 3.85. The molecule has 3 rings (SSSR count). The molecule has 0 bridgehead atoms. The molecule has 0 aliphatic carbocycles. The van der Waals surface area contributed by atoms with Crippen LogP contribution in [0.4, 0.5) is 5.82 Å². The van der Waals surface area contributed by atoms with Crippen molar-refractivity contribution in [2.24, 2.45) is 0 Å². The smallest absolute Gasteiger partial charge is 0.124 e. The maximum atomic E-state index is 5.71. The van der Waals surface area contributed by atoms with Crippen LogP contribution in [0.25, 0.3) is 22.0 Å². The van der Waals surface area contributed by atoms with E-state index in [1.54, 1.807) is 12.3 Å². The molecule has 3 heteroatoms. The number of aromatic nitrogens is 2. The Hall–Kier alpha value is -2.42. The van der Waals surface area contributed by atoms with Gasteiger partial charge in [0.1, 0.15) is 5.82 Å². The van der Waals surface area contributed by atoms with Crippen LogP contribution in [-0.4, -0.2) is 9.97 Å². The highest BCUT2D eigenvalue weighted by molar-refractivity contribution is 5.95. The van der Waals surface area contributed by atoms with Gasteiger partial charge in [-0.05, 0) is 23.6 Å². The largest absolute Gasteiger partial charge is 0.384 e. The molecule has 0 saturated carbocycles. The Labute approximate surface area is 98.9 Å². The van der Waals surface area contributed by atoms with Crippen LogP contribution in [0.5, 0.6) is 0 Å². The van der Waals surface area contributed by atoms with Crippen LogP contribution < -0.4 is 5.73 Å². The Bertz CT molecular complexity index is 672. The summed E-state index contributed by atoms with van der Waals surface area (Å²) in [4.78, 5) is 8.51. The van der Waals surface area contributed by atoms with Gasteiger partial charge in [0.15, 0.2) is 0 Å². The molecule has 0 unspecified atom stereocenters. The Morgan fingerprint density at radius 1 is 0.941 bits per heavy atom. The van der Waals surface area contributed by atoms with Gasteiger partial charge in [0.05, 0.1) is 5.69 Å². The Morgan fingerprint density at radius 2 is 1.82 bits per heavy atom. The number of nitrogen functional groups attached to an aromatic ring is 1. The molecule has 0 aliphatic rings. The number of hydrogen-bond donors (Lipinski definition) is 1. The topological polar surface area (TPSA) is 51.8 Å². The van der Waals surface area contributed by atoms with Gasteiger partial charge in [-0.15, -0.1) is 0 Å². The van der Waals surface area contributed by atoms with Gasteiger partial charge in [0.2, 0.25) is 0 Å². The third-order valence-corrected chi connectivity index (χ3v) is 2.73. The summed E-state index contributed by atoms with van der Waals surface area (Å²) in [6.07, 6.45) is 3.65. The van der Waals surface area contributed by atoms with Gasteiger partial charge in [0, 0.05) is 23.3 Å². The van der Waals surface area contributed by atoms with Crippen molar-refractivity contribution in [3.63, 3.8) is 0 Å². The van der Waals surface area contributed by atoms with E-state index in [4.69, 9.17) is 5.73 Å². The number of nitrogens with zero attached hydrogens (tertiary/aromatic N) is 2. The molecule has 17 heavy (non-hydrogen) atoms. The molecule has 0 radical (unpaired) electrons. The van der Waals surface area contributed by atoms with Crippen LogP contribution in [0.2, 0.25) is 0 Å². The minimum atomic E-state index is 0.531. The van der Waals surface area contributed by atoms with Crippen LogP contribution in [0.1, 0.15) is 0 Å². The molecule has 3 nitrogen and oxygen atoms in total. The summed E-state index contributed by atoms with van der Waals surface area (Å²) >= 11 is 0. The lowest BCUT2D eigenvalue weighted by Crippen LogP contribution is -1.92. The molecular weight excluding hydrogens is 210 g/mol. The van der Waals surface area contributed by atoms with Crippen molar-refractivity contribution < 1.29 is 0 Å². The first-order valence-corrected chi connectivity index (χ1v) is 5.40. The lowest BCUT2D eigenvalue weighted by Gasteiger charge is -2.05. The Kier molecular flexibility index (Phi) is 2.22. The normalized spacial score (nSPS) is 10.6. The summed E-state index contributed by atoms with van der Waals surface area (Å²) < 4.78 is 0. The zero-order valence-corrected chi connectivity index (χ0v) is 9.17. The van der Waals surface area contributed by atoms with Crippen molar-refractivity contribution in [3.05, 3.63) is 54.9 Å². The zero-order valence-electron chi connectivity index (χ0n) is 9.17. The Balaban J connectivity index is 2.30. The molecule has 3 aromatic rings. The van der Waals surface area contributed by atoms with E-state index in [9.17, 15) is 0 Å². The van der Waals surface area contributed by atoms with Crippen LogP contribution in [-0.2, 0) is 0 Å². The third-order valence-electron chi connectivity index (χ3n) is 2.73. The molecule has 0 saturated heterocycles. The van der Waals surface area contributed by atoms with Crippen molar-refractivity contribution in [2.75, 3.05) is 5.73 Å². The summed E-state index contributed by atoms with van der Waals surface area (Å²) in [7, 11) is 0. The second kappa shape index (κ2) is 3.87. The first-order valence-electron chi connectivity index (χ1n) is 5.40. The summed E-state index contributed by atoms with van der Waals surface area (Å²) in [5.41, 5.74) is 7.65. The maximum absolute atomic E-state index is 5.71. The van der Waals surface area contributed by atoms with Gasteiger partial charge in [-0.3, -0.25) is 4.98 Å². The van der Waals surface area contributed by atoms with Gasteiger partial charge in [-0.25, -0.2) is 4.98 Å². The molecule has 0 atom stereocenters. The van der Waals surface area contributed by atoms with Crippen LogP contribution in [0.15, 0.2) is 54.9 Å². The molecule has 1 aromatic carbocycles. The summed E-state index contributed by atoms with van der Waals surface area (Å²) in [5.74, 6) is 0.531. The monoisotopic (exact) mass is 221 g/mol. The van der Waals surface area contributed by atoms with E-state index in [2.05, 4.69) is 16.0 Å². The Morgan fingerprint density at radius 3 is 2.71 bits per heavy atom. The van der Waals surface area contributed by atoms with Crippen molar-refractivity contribution in [2.45, 2.75) is 0 Å². The standard InChI is InChI=1S/C14H11N3/c15-14-6-2-5-13(17-14)11-4-1-3-10-7-8-16-9-12(10)11/h1-9H,(H2,15,17). The van der Waals surface area contributed by atoms with Crippen LogP contribution in [0.3, 0.4) is 0 Å². The molecule has 0 fully saturated rings. The van der Waals surface area contributed by atoms with E-state index < -0.39 is 0 Å². The van der Waals surface area contributed by atoms with E-state index in [1.165, 1.54) is 0 Å². The van der Waals surface area contributed by atoms with Crippen molar-refractivity contribution in [3.8, 4) is 11.3 Å². The van der Waals surface area contributed by atoms with E-state index in [0.717, 1.165) is 22.0 Å². The fraction of sp³-hybridized carbons (Fsp3) is 0. The van der Waals surface area contributed by atoms with Gasteiger partial charge >= 0.3 is 0 Å². The summed E-state index contributed by atoms with van der Waals surface area (Å²) in [6.45, 7) is 0. The number of hydrogen-bond acceptors (Lipinski definition) is 3. The number of benzene rings is 1. The lowest BCUT2D eigenvalue weighted by molar-refractivity contribution is 1.33. The van der Waals surface area contributed by atoms with E-state index in [1.807, 2.05) is 36.5 Å². The predicted molar refractivity (Wildman–Crippen MR) is 69.4 cm³/mol. The lowest BCUT2D eigenvalue weighted by atomic mass is 10.0. The first-order chi connectivity index (χ1) is 8.34. The molecular formula is C14H11N3. The van der Waals surface area contributed by atoms with Gasteiger partial charge in [0.25, 0.3) is 0 Å². The van der Waals surface area contributed by atoms with E-state index >= 15 is 0 Å². The van der Waals surface area contributed by atoms with Gasteiger partial charge in [-0.1, -0.05) is 24.3 Å². The molecule has 0 amide bonds. The SMILES string of the molecule is Nc1cccc(-c2cccc3ccncc23)n1. The fourth-order valence-electron chi connectivity index (χ4n) is 1.94. The molecule has 2 heterocycles. The number of fused-ring (bicyclic) bond motifs is 1. The average molecular weight is 221 g/mol. The van der Waals surface area contributed by atoms with Gasteiger partial charge < -0.3 is 5.73 Å². The predicted octanol–water partition coefficient (Wildman–Crippen LogP) is 2.88. The first kappa shape index (κ1) is 9.78. The van der Waals surface area contributed by atoms with Crippen LogP contribution in [0, 0.1) is 0 Å². The summed E-state index contributed by atoms with van der Waals surface area (Å²) in [6, 6.07) is 13.8. The number of pyridine rings is 2. The maximum Gasteiger partial charge on any atom is 0.124 e. The highest BCUT2D eigenvalue weighted by atomic mass is 14.8. The van der Waals surface area contributed by atoms with E-state index in [0.29, 0.717) is 5.82 Å². The van der Waals surface area contributed by atoms with Gasteiger partial charge in [-0.2, -0.15) is 0 Å². The van der Waals surface area contributed by atoms with E-state index in [-0.39, 0.29) is 0 Å². The second-order valence-electron chi connectivity index (χ2n) is 3.85. The van der Waals surface area contributed by atoms with Crippen LogP contribution >= 0.6 is 0 Å². The molecule has 0 spiro atoms. The fourth-order valence-corrected chi connectivity index (χ4v) is 1.94. The molecule has 2 N–H and O–H groups in total. The molecule has 0 aliphatic heterocycles. The molecule has 2 aromatic heterocycles. The minimum Gasteiger partial charge on any atom is -0.384 e. The highest BCUT2D eigenvalue weighted by Crippen LogP contribution is 2.26.